The van der Waals surface area contributed by atoms with Crippen LogP contribution in [0.1, 0.15) is 64.7 Å². The van der Waals surface area contributed by atoms with Crippen molar-refractivity contribution in [3.8, 4) is 6.07 Å². The molecule has 2 heteroatoms. The molecule has 2 nitrogen and oxygen atoms in total. The zero-order valence-electron chi connectivity index (χ0n) is 13.3. The first-order chi connectivity index (χ1) is 10.1. The summed E-state index contributed by atoms with van der Waals surface area (Å²) in [7, 11) is 0. The molecule has 0 spiro atoms. The number of fused-ring (bicyclic) bond motifs is 5. The Morgan fingerprint density at radius 2 is 1.76 bits per heavy atom. The molecule has 4 aliphatic carbocycles. The molecule has 0 aliphatic heterocycles. The van der Waals surface area contributed by atoms with Gasteiger partial charge >= 0.3 is 0 Å². The molecule has 4 saturated carbocycles. The Kier molecular flexibility index (Phi) is 3.34. The van der Waals surface area contributed by atoms with Gasteiger partial charge in [0.1, 0.15) is 0 Å². The van der Waals surface area contributed by atoms with Gasteiger partial charge in [-0.05, 0) is 92.8 Å². The minimum absolute atomic E-state index is 0.0221. The topological polar surface area (TPSA) is 44.0 Å². The lowest BCUT2D eigenvalue weighted by molar-refractivity contribution is -0.0727. The van der Waals surface area contributed by atoms with E-state index in [9.17, 15) is 10.4 Å². The van der Waals surface area contributed by atoms with E-state index in [1.807, 2.05) is 0 Å². The molecule has 0 radical (unpaired) electrons. The van der Waals surface area contributed by atoms with Crippen LogP contribution in [0.2, 0.25) is 0 Å². The number of nitriles is 1. The third kappa shape index (κ3) is 2.00. The molecule has 0 unspecified atom stereocenters. The molecule has 21 heavy (non-hydrogen) atoms. The highest BCUT2D eigenvalue weighted by molar-refractivity contribution is 5.10. The lowest BCUT2D eigenvalue weighted by Gasteiger charge is -2.55. The SMILES string of the molecule is C[C@]12CC[C@H]3[C@@H](CC[C@@H]4C[C@@H](O)CC[C@@H]43)[C@@H]1CC[C@H]2C#N. The first kappa shape index (κ1) is 14.1. The lowest BCUT2D eigenvalue weighted by atomic mass is 9.50. The summed E-state index contributed by atoms with van der Waals surface area (Å²) >= 11 is 0. The Hall–Kier alpha value is -0.550. The Labute approximate surface area is 128 Å². The van der Waals surface area contributed by atoms with Crippen molar-refractivity contribution in [3.63, 3.8) is 0 Å². The number of nitrogens with zero attached hydrogens (tertiary/aromatic N) is 1. The number of hydrogen-bond acceptors (Lipinski definition) is 2. The van der Waals surface area contributed by atoms with Gasteiger partial charge in [0.25, 0.3) is 0 Å². The molecular weight excluding hydrogens is 258 g/mol. The predicted molar refractivity (Wildman–Crippen MR) is 82.2 cm³/mol. The highest BCUT2D eigenvalue weighted by atomic mass is 16.3. The van der Waals surface area contributed by atoms with E-state index in [1.54, 1.807) is 0 Å². The van der Waals surface area contributed by atoms with Crippen LogP contribution in [0, 0.1) is 52.3 Å². The third-order valence-corrected chi connectivity index (χ3v) is 8.08. The van der Waals surface area contributed by atoms with Crippen molar-refractivity contribution in [2.24, 2.45) is 40.9 Å². The maximum absolute atomic E-state index is 9.97. The van der Waals surface area contributed by atoms with Crippen molar-refractivity contribution >= 4 is 0 Å². The van der Waals surface area contributed by atoms with Crippen molar-refractivity contribution in [1.82, 2.24) is 0 Å². The largest absolute Gasteiger partial charge is 0.393 e. The summed E-state index contributed by atoms with van der Waals surface area (Å²) in [5.74, 6) is 4.61. The van der Waals surface area contributed by atoms with Crippen LogP contribution >= 0.6 is 0 Å². The smallest absolute Gasteiger partial charge is 0.0661 e. The average molecular weight is 287 g/mol. The number of hydrogen-bond donors (Lipinski definition) is 1. The van der Waals surface area contributed by atoms with Crippen LogP contribution in [-0.2, 0) is 0 Å². The van der Waals surface area contributed by atoms with Crippen LogP contribution in [0.4, 0.5) is 0 Å². The van der Waals surface area contributed by atoms with Gasteiger partial charge in [-0.25, -0.2) is 0 Å². The molecule has 0 saturated heterocycles. The molecule has 0 aromatic rings. The summed E-state index contributed by atoms with van der Waals surface area (Å²) in [6.07, 6.45) is 11.1. The van der Waals surface area contributed by atoms with Crippen LogP contribution in [0.5, 0.6) is 0 Å². The van der Waals surface area contributed by atoms with E-state index >= 15 is 0 Å². The minimum Gasteiger partial charge on any atom is -0.393 e. The molecule has 0 heterocycles. The van der Waals surface area contributed by atoms with E-state index in [0.717, 1.165) is 48.9 Å². The second-order valence-electron chi connectivity index (χ2n) is 8.71. The fourth-order valence-corrected chi connectivity index (χ4v) is 7.04. The molecule has 0 aromatic carbocycles. The maximum Gasteiger partial charge on any atom is 0.0661 e. The fourth-order valence-electron chi connectivity index (χ4n) is 7.04. The normalized spacial score (nSPS) is 56.0. The fraction of sp³-hybridized carbons (Fsp3) is 0.947. The molecule has 1 N–H and O–H groups in total. The maximum atomic E-state index is 9.97. The Bertz CT molecular complexity index is 455. The van der Waals surface area contributed by atoms with Crippen molar-refractivity contribution in [1.29, 1.82) is 5.26 Å². The van der Waals surface area contributed by atoms with Crippen LogP contribution in [-0.4, -0.2) is 11.2 Å². The zero-order chi connectivity index (χ0) is 14.6. The van der Waals surface area contributed by atoms with Gasteiger partial charge in [0, 0.05) is 0 Å². The van der Waals surface area contributed by atoms with Gasteiger partial charge in [-0.1, -0.05) is 6.92 Å². The van der Waals surface area contributed by atoms with Gasteiger partial charge in [0.2, 0.25) is 0 Å². The number of rotatable bonds is 0. The van der Waals surface area contributed by atoms with E-state index in [0.29, 0.717) is 11.3 Å². The van der Waals surface area contributed by atoms with E-state index < -0.39 is 0 Å². The average Bonchev–Trinajstić information content (AvgIpc) is 2.83. The van der Waals surface area contributed by atoms with Gasteiger partial charge in [0.15, 0.2) is 0 Å². The number of aliphatic hydroxyl groups is 1. The van der Waals surface area contributed by atoms with Gasteiger partial charge < -0.3 is 5.11 Å². The molecule has 8 atom stereocenters. The summed E-state index contributed by atoms with van der Waals surface area (Å²) in [5, 5.41) is 19.5. The summed E-state index contributed by atoms with van der Waals surface area (Å²) in [5.41, 5.74) is 0.316. The van der Waals surface area contributed by atoms with Gasteiger partial charge in [-0.2, -0.15) is 5.26 Å². The molecule has 0 aromatic heterocycles. The van der Waals surface area contributed by atoms with Crippen molar-refractivity contribution in [2.45, 2.75) is 70.8 Å². The Morgan fingerprint density at radius 3 is 2.57 bits per heavy atom. The van der Waals surface area contributed by atoms with Crippen molar-refractivity contribution in [3.05, 3.63) is 0 Å². The lowest BCUT2D eigenvalue weighted by Crippen LogP contribution is -2.48. The zero-order valence-corrected chi connectivity index (χ0v) is 13.3. The van der Waals surface area contributed by atoms with Crippen LogP contribution < -0.4 is 0 Å². The van der Waals surface area contributed by atoms with E-state index in [2.05, 4.69) is 13.0 Å². The summed E-state index contributed by atoms with van der Waals surface area (Å²) in [6, 6.07) is 2.63. The summed E-state index contributed by atoms with van der Waals surface area (Å²) < 4.78 is 0. The first-order valence-corrected chi connectivity index (χ1v) is 9.21. The van der Waals surface area contributed by atoms with Crippen LogP contribution in [0.15, 0.2) is 0 Å². The Balaban J connectivity index is 1.57. The predicted octanol–water partition coefficient (Wildman–Crippen LogP) is 4.14. The van der Waals surface area contributed by atoms with Crippen LogP contribution in [0.3, 0.4) is 0 Å². The van der Waals surface area contributed by atoms with Gasteiger partial charge in [-0.3, -0.25) is 0 Å². The first-order valence-electron chi connectivity index (χ1n) is 9.21. The highest BCUT2D eigenvalue weighted by Crippen LogP contribution is 2.63. The van der Waals surface area contributed by atoms with Crippen LogP contribution in [0.25, 0.3) is 0 Å². The molecule has 4 aliphatic rings. The third-order valence-electron chi connectivity index (χ3n) is 8.08. The van der Waals surface area contributed by atoms with Gasteiger partial charge in [0.05, 0.1) is 18.1 Å². The summed E-state index contributed by atoms with van der Waals surface area (Å²) in [4.78, 5) is 0. The second kappa shape index (κ2) is 4.98. The Morgan fingerprint density at radius 1 is 0.952 bits per heavy atom. The van der Waals surface area contributed by atoms with Crippen molar-refractivity contribution < 1.29 is 5.11 Å². The quantitative estimate of drug-likeness (QED) is 0.727. The number of aliphatic hydroxyl groups excluding tert-OH is 1. The van der Waals surface area contributed by atoms with E-state index in [-0.39, 0.29) is 6.10 Å². The molecule has 0 bridgehead atoms. The monoisotopic (exact) mass is 287 g/mol. The minimum atomic E-state index is -0.0221. The van der Waals surface area contributed by atoms with E-state index in [1.165, 1.54) is 38.5 Å². The summed E-state index contributed by atoms with van der Waals surface area (Å²) in [6.45, 7) is 2.42. The standard InChI is InChI=1S/C19H29NO/c1-19-9-8-16-15-6-4-14(21)10-12(15)2-5-17(16)18(19)7-3-13(19)11-20/h12-18,21H,2-10H2,1H3/t12-,13+,14+,15+,16-,17-,18+,19-/m1/s1. The molecular formula is C19H29NO. The molecule has 4 fully saturated rings. The van der Waals surface area contributed by atoms with Gasteiger partial charge in [-0.15, -0.1) is 0 Å². The van der Waals surface area contributed by atoms with E-state index in [4.69, 9.17) is 0 Å². The second-order valence-corrected chi connectivity index (χ2v) is 8.71. The molecule has 116 valence electrons. The molecule has 0 amide bonds. The van der Waals surface area contributed by atoms with Crippen molar-refractivity contribution in [2.75, 3.05) is 0 Å². The molecule has 4 rings (SSSR count). The highest BCUT2D eigenvalue weighted by Gasteiger charge is 2.57.